The van der Waals surface area contributed by atoms with Crippen molar-refractivity contribution < 1.29 is 4.79 Å². The minimum atomic E-state index is -0.232. The van der Waals surface area contributed by atoms with Gasteiger partial charge in [-0.25, -0.2) is 0 Å². The van der Waals surface area contributed by atoms with Crippen LogP contribution in [-0.2, 0) is 4.79 Å². The normalized spacial score (nSPS) is 11.5. The van der Waals surface area contributed by atoms with E-state index >= 15 is 0 Å². The van der Waals surface area contributed by atoms with Crippen molar-refractivity contribution in [3.63, 3.8) is 0 Å². The van der Waals surface area contributed by atoms with Gasteiger partial charge in [-0.1, -0.05) is 13.3 Å². The van der Waals surface area contributed by atoms with Gasteiger partial charge in [0.05, 0.1) is 11.6 Å². The molecule has 4 heteroatoms. The zero-order valence-corrected chi connectivity index (χ0v) is 11.8. The zero-order valence-electron chi connectivity index (χ0n) is 11.8. The standard InChI is InChI=1S/C15H21N3O/c1-4-5-10-17-15(19)12(2)18(3)14-8-6-13(11-16)7-9-14/h6-9,12H,4-5,10H2,1-3H3,(H,17,19). The molecule has 0 aliphatic heterocycles. The maximum atomic E-state index is 12.0. The van der Waals surface area contributed by atoms with Gasteiger partial charge in [-0.3, -0.25) is 4.79 Å². The number of likely N-dealkylation sites (N-methyl/N-ethyl adjacent to an activating group) is 1. The molecule has 1 rings (SSSR count). The van der Waals surface area contributed by atoms with Gasteiger partial charge in [0.2, 0.25) is 5.91 Å². The second kappa shape index (κ2) is 7.42. The number of nitrogens with one attached hydrogen (secondary N) is 1. The molecule has 0 aliphatic carbocycles. The summed E-state index contributed by atoms with van der Waals surface area (Å²) in [4.78, 5) is 13.9. The van der Waals surface area contributed by atoms with Gasteiger partial charge in [-0.2, -0.15) is 5.26 Å². The van der Waals surface area contributed by atoms with Crippen LogP contribution in [0.25, 0.3) is 0 Å². The Kier molecular flexibility index (Phi) is 5.87. The number of benzene rings is 1. The Hall–Kier alpha value is -2.02. The number of carbonyl (C=O) groups is 1. The van der Waals surface area contributed by atoms with E-state index in [-0.39, 0.29) is 11.9 Å². The lowest BCUT2D eigenvalue weighted by Gasteiger charge is -2.26. The summed E-state index contributed by atoms with van der Waals surface area (Å²) in [5.41, 5.74) is 1.55. The smallest absolute Gasteiger partial charge is 0.242 e. The van der Waals surface area contributed by atoms with Crippen molar-refractivity contribution in [1.29, 1.82) is 5.26 Å². The van der Waals surface area contributed by atoms with Gasteiger partial charge >= 0.3 is 0 Å². The van der Waals surface area contributed by atoms with Crippen molar-refractivity contribution in [3.05, 3.63) is 29.8 Å². The molecular formula is C15H21N3O. The van der Waals surface area contributed by atoms with Gasteiger partial charge in [0.1, 0.15) is 6.04 Å². The molecule has 0 saturated carbocycles. The average Bonchev–Trinajstić information content (AvgIpc) is 2.46. The predicted octanol–water partition coefficient (Wildman–Crippen LogP) is 2.30. The third kappa shape index (κ3) is 4.29. The number of carbonyl (C=O) groups excluding carboxylic acids is 1. The molecule has 1 aromatic carbocycles. The van der Waals surface area contributed by atoms with Crippen LogP contribution < -0.4 is 10.2 Å². The van der Waals surface area contributed by atoms with E-state index in [1.807, 2.05) is 31.0 Å². The lowest BCUT2D eigenvalue weighted by molar-refractivity contribution is -0.122. The first-order chi connectivity index (χ1) is 9.10. The number of nitrogens with zero attached hydrogens (tertiary/aromatic N) is 2. The van der Waals surface area contributed by atoms with Crippen molar-refractivity contribution in [3.8, 4) is 6.07 Å². The topological polar surface area (TPSA) is 56.1 Å². The fourth-order valence-corrected chi connectivity index (χ4v) is 1.71. The highest BCUT2D eigenvalue weighted by Crippen LogP contribution is 2.16. The fourth-order valence-electron chi connectivity index (χ4n) is 1.71. The molecule has 1 N–H and O–H groups in total. The summed E-state index contributed by atoms with van der Waals surface area (Å²) < 4.78 is 0. The van der Waals surface area contributed by atoms with Gasteiger partial charge in [-0.05, 0) is 37.6 Å². The molecule has 0 bridgehead atoms. The van der Waals surface area contributed by atoms with Crippen LogP contribution in [0.2, 0.25) is 0 Å². The molecule has 1 aromatic rings. The number of hydrogen-bond donors (Lipinski definition) is 1. The highest BCUT2D eigenvalue weighted by Gasteiger charge is 2.17. The molecule has 1 atom stereocenters. The maximum Gasteiger partial charge on any atom is 0.242 e. The molecule has 0 fully saturated rings. The Morgan fingerprint density at radius 2 is 2.05 bits per heavy atom. The summed E-state index contributed by atoms with van der Waals surface area (Å²) in [6.45, 7) is 4.69. The number of amides is 1. The molecular weight excluding hydrogens is 238 g/mol. The molecule has 1 unspecified atom stereocenters. The highest BCUT2D eigenvalue weighted by molar-refractivity contribution is 5.84. The van der Waals surface area contributed by atoms with Gasteiger partial charge in [0.15, 0.2) is 0 Å². The van der Waals surface area contributed by atoms with Crippen LogP contribution in [0, 0.1) is 11.3 Å². The minimum absolute atomic E-state index is 0.0281. The van der Waals surface area contributed by atoms with Gasteiger partial charge < -0.3 is 10.2 Å². The molecule has 0 saturated heterocycles. The molecule has 4 nitrogen and oxygen atoms in total. The van der Waals surface area contributed by atoms with Gasteiger partial charge in [0.25, 0.3) is 0 Å². The summed E-state index contributed by atoms with van der Waals surface area (Å²) in [6.07, 6.45) is 2.07. The lowest BCUT2D eigenvalue weighted by atomic mass is 10.2. The number of rotatable bonds is 6. The first-order valence-electron chi connectivity index (χ1n) is 6.60. The summed E-state index contributed by atoms with van der Waals surface area (Å²) in [6, 6.07) is 9.08. The Balaban J connectivity index is 2.62. The predicted molar refractivity (Wildman–Crippen MR) is 76.9 cm³/mol. The van der Waals surface area contributed by atoms with E-state index in [4.69, 9.17) is 5.26 Å². The van der Waals surface area contributed by atoms with Crippen molar-refractivity contribution in [1.82, 2.24) is 5.32 Å². The molecule has 0 aliphatic rings. The number of unbranched alkanes of at least 4 members (excludes halogenated alkanes) is 1. The van der Waals surface area contributed by atoms with Crippen molar-refractivity contribution in [2.75, 3.05) is 18.5 Å². The molecule has 102 valence electrons. The van der Waals surface area contributed by atoms with E-state index in [9.17, 15) is 4.79 Å². The molecule has 0 radical (unpaired) electrons. The molecule has 0 spiro atoms. The van der Waals surface area contributed by atoms with Crippen LogP contribution in [-0.4, -0.2) is 25.5 Å². The van der Waals surface area contributed by atoms with Crippen LogP contribution in [0.5, 0.6) is 0 Å². The van der Waals surface area contributed by atoms with Crippen molar-refractivity contribution >= 4 is 11.6 Å². The molecule has 1 amide bonds. The number of nitriles is 1. The average molecular weight is 259 g/mol. The van der Waals surface area contributed by atoms with Gasteiger partial charge in [-0.15, -0.1) is 0 Å². The molecule has 0 aromatic heterocycles. The summed E-state index contributed by atoms with van der Waals surface area (Å²) in [5, 5.41) is 11.7. The summed E-state index contributed by atoms with van der Waals surface area (Å²) in [7, 11) is 1.88. The largest absolute Gasteiger partial charge is 0.363 e. The van der Waals surface area contributed by atoms with Crippen LogP contribution in [0.15, 0.2) is 24.3 Å². The lowest BCUT2D eigenvalue weighted by Crippen LogP contribution is -2.43. The third-order valence-corrected chi connectivity index (χ3v) is 3.19. The highest BCUT2D eigenvalue weighted by atomic mass is 16.2. The Morgan fingerprint density at radius 3 is 2.58 bits per heavy atom. The second-order valence-corrected chi connectivity index (χ2v) is 4.59. The Bertz CT molecular complexity index is 447. The summed E-state index contributed by atoms with van der Waals surface area (Å²) in [5.74, 6) is 0.0281. The first-order valence-corrected chi connectivity index (χ1v) is 6.60. The molecule has 19 heavy (non-hydrogen) atoms. The van der Waals surface area contributed by atoms with E-state index in [1.165, 1.54) is 0 Å². The van der Waals surface area contributed by atoms with Crippen molar-refractivity contribution in [2.45, 2.75) is 32.7 Å². The van der Waals surface area contributed by atoms with Crippen LogP contribution >= 0.6 is 0 Å². The van der Waals surface area contributed by atoms with E-state index in [0.717, 1.165) is 25.1 Å². The van der Waals surface area contributed by atoms with E-state index in [0.29, 0.717) is 5.56 Å². The maximum absolute atomic E-state index is 12.0. The first kappa shape index (κ1) is 15.0. The number of hydrogen-bond acceptors (Lipinski definition) is 3. The van der Waals surface area contributed by atoms with E-state index in [1.54, 1.807) is 12.1 Å². The van der Waals surface area contributed by atoms with Crippen LogP contribution in [0.4, 0.5) is 5.69 Å². The quantitative estimate of drug-likeness (QED) is 0.797. The molecule has 0 heterocycles. The second-order valence-electron chi connectivity index (χ2n) is 4.59. The Morgan fingerprint density at radius 1 is 1.42 bits per heavy atom. The Labute approximate surface area is 115 Å². The van der Waals surface area contributed by atoms with Crippen molar-refractivity contribution in [2.24, 2.45) is 0 Å². The van der Waals surface area contributed by atoms with E-state index in [2.05, 4.69) is 18.3 Å². The third-order valence-electron chi connectivity index (χ3n) is 3.19. The van der Waals surface area contributed by atoms with E-state index < -0.39 is 0 Å². The van der Waals surface area contributed by atoms with Crippen LogP contribution in [0.1, 0.15) is 32.3 Å². The fraction of sp³-hybridized carbons (Fsp3) is 0.467. The minimum Gasteiger partial charge on any atom is -0.363 e. The zero-order chi connectivity index (χ0) is 14.3. The van der Waals surface area contributed by atoms with Gasteiger partial charge in [0, 0.05) is 19.3 Å². The SMILES string of the molecule is CCCCNC(=O)C(C)N(C)c1ccc(C#N)cc1. The van der Waals surface area contributed by atoms with Crippen LogP contribution in [0.3, 0.4) is 0 Å². The summed E-state index contributed by atoms with van der Waals surface area (Å²) >= 11 is 0. The number of anilines is 1. The monoisotopic (exact) mass is 259 g/mol.